The maximum absolute atomic E-state index is 11.2. The van der Waals surface area contributed by atoms with Gasteiger partial charge in [0.1, 0.15) is 0 Å². The summed E-state index contributed by atoms with van der Waals surface area (Å²) in [6.07, 6.45) is 1.78. The lowest BCUT2D eigenvalue weighted by molar-refractivity contribution is -0.120. The fourth-order valence-corrected chi connectivity index (χ4v) is 1.99. The lowest BCUT2D eigenvalue weighted by Crippen LogP contribution is -2.28. The second-order valence-corrected chi connectivity index (χ2v) is 4.37. The van der Waals surface area contributed by atoms with Crippen molar-refractivity contribution in [1.29, 1.82) is 0 Å². The Bertz CT molecular complexity index is 358. The minimum Gasteiger partial charge on any atom is -0.369 e. The van der Waals surface area contributed by atoms with Crippen molar-refractivity contribution in [3.8, 4) is 0 Å². The van der Waals surface area contributed by atoms with E-state index in [1.54, 1.807) is 0 Å². The zero-order valence-electron chi connectivity index (χ0n) is 7.09. The van der Waals surface area contributed by atoms with E-state index < -0.39 is 0 Å². The third-order valence-corrected chi connectivity index (χ3v) is 3.09. The Kier molecular flexibility index (Phi) is 1.91. The third-order valence-electron chi connectivity index (χ3n) is 2.60. The summed E-state index contributed by atoms with van der Waals surface area (Å²) in [5.74, 6) is -0.203. The van der Waals surface area contributed by atoms with E-state index in [9.17, 15) is 4.79 Å². The summed E-state index contributed by atoms with van der Waals surface area (Å²) < 4.78 is 0.998. The molecule has 1 aliphatic carbocycles. The molecular weight excluding hydrogens is 230 g/mol. The van der Waals surface area contributed by atoms with Crippen LogP contribution in [0.5, 0.6) is 0 Å². The Morgan fingerprint density at radius 2 is 2.15 bits per heavy atom. The number of carbonyl (C=O) groups is 1. The SMILES string of the molecule is NC(=O)C1(c2cccc(Br)c2)CC1. The van der Waals surface area contributed by atoms with Gasteiger partial charge >= 0.3 is 0 Å². The molecule has 1 aliphatic rings. The van der Waals surface area contributed by atoms with Gasteiger partial charge in [0.25, 0.3) is 0 Å². The van der Waals surface area contributed by atoms with Crippen LogP contribution in [-0.2, 0) is 10.2 Å². The van der Waals surface area contributed by atoms with E-state index in [-0.39, 0.29) is 11.3 Å². The fraction of sp³-hybridized carbons (Fsp3) is 0.300. The molecule has 3 heteroatoms. The number of benzene rings is 1. The first kappa shape index (κ1) is 8.75. The number of hydrogen-bond acceptors (Lipinski definition) is 1. The van der Waals surface area contributed by atoms with E-state index in [4.69, 9.17) is 5.73 Å². The first-order chi connectivity index (χ1) is 6.15. The maximum Gasteiger partial charge on any atom is 0.228 e. The number of halogens is 1. The van der Waals surface area contributed by atoms with Crippen molar-refractivity contribution in [3.63, 3.8) is 0 Å². The van der Waals surface area contributed by atoms with Gasteiger partial charge in [-0.1, -0.05) is 28.1 Å². The maximum atomic E-state index is 11.2. The van der Waals surface area contributed by atoms with Gasteiger partial charge in [-0.05, 0) is 30.5 Å². The van der Waals surface area contributed by atoms with Crippen LogP contribution in [0.1, 0.15) is 18.4 Å². The minimum atomic E-state index is -0.357. The molecule has 0 bridgehead atoms. The van der Waals surface area contributed by atoms with Crippen molar-refractivity contribution in [2.45, 2.75) is 18.3 Å². The number of rotatable bonds is 2. The van der Waals surface area contributed by atoms with Crippen molar-refractivity contribution in [2.24, 2.45) is 5.73 Å². The largest absolute Gasteiger partial charge is 0.369 e. The topological polar surface area (TPSA) is 43.1 Å². The second kappa shape index (κ2) is 2.84. The summed E-state index contributed by atoms with van der Waals surface area (Å²) in [6.45, 7) is 0. The Morgan fingerprint density at radius 3 is 2.62 bits per heavy atom. The van der Waals surface area contributed by atoms with E-state index >= 15 is 0 Å². The summed E-state index contributed by atoms with van der Waals surface area (Å²) in [7, 11) is 0. The van der Waals surface area contributed by atoms with Crippen LogP contribution in [-0.4, -0.2) is 5.91 Å². The van der Waals surface area contributed by atoms with Gasteiger partial charge in [0.05, 0.1) is 5.41 Å². The first-order valence-electron chi connectivity index (χ1n) is 4.21. The molecule has 0 unspecified atom stereocenters. The molecule has 2 rings (SSSR count). The zero-order valence-corrected chi connectivity index (χ0v) is 8.67. The van der Waals surface area contributed by atoms with Crippen molar-refractivity contribution in [3.05, 3.63) is 34.3 Å². The van der Waals surface area contributed by atoms with E-state index in [1.165, 1.54) is 0 Å². The van der Waals surface area contributed by atoms with Gasteiger partial charge in [-0.2, -0.15) is 0 Å². The molecule has 1 saturated carbocycles. The molecule has 0 heterocycles. The molecule has 1 aromatic rings. The van der Waals surface area contributed by atoms with E-state index in [0.29, 0.717) is 0 Å². The van der Waals surface area contributed by atoms with Gasteiger partial charge in [-0.15, -0.1) is 0 Å². The molecule has 0 radical (unpaired) electrons. The molecule has 0 saturated heterocycles. The van der Waals surface area contributed by atoms with E-state index in [2.05, 4.69) is 15.9 Å². The molecule has 1 amide bonds. The van der Waals surface area contributed by atoms with Crippen LogP contribution in [0.2, 0.25) is 0 Å². The van der Waals surface area contributed by atoms with Crippen molar-refractivity contribution in [1.82, 2.24) is 0 Å². The van der Waals surface area contributed by atoms with E-state index in [0.717, 1.165) is 22.9 Å². The molecule has 0 atom stereocenters. The van der Waals surface area contributed by atoms with Gasteiger partial charge in [-0.25, -0.2) is 0 Å². The quantitative estimate of drug-likeness (QED) is 0.843. The van der Waals surface area contributed by atoms with Crippen LogP contribution < -0.4 is 5.73 Å². The monoisotopic (exact) mass is 239 g/mol. The Balaban J connectivity index is 2.41. The number of primary amides is 1. The summed E-state index contributed by atoms with van der Waals surface area (Å²) in [5, 5.41) is 0. The smallest absolute Gasteiger partial charge is 0.228 e. The predicted molar refractivity (Wildman–Crippen MR) is 54.2 cm³/mol. The molecule has 68 valence electrons. The van der Waals surface area contributed by atoms with Gasteiger partial charge in [0, 0.05) is 4.47 Å². The average Bonchev–Trinajstić information content (AvgIpc) is 2.83. The highest BCUT2D eigenvalue weighted by Gasteiger charge is 2.49. The highest BCUT2D eigenvalue weighted by Crippen LogP contribution is 2.48. The van der Waals surface area contributed by atoms with Crippen molar-refractivity contribution < 1.29 is 4.79 Å². The zero-order chi connectivity index (χ0) is 9.47. The molecule has 0 aromatic heterocycles. The second-order valence-electron chi connectivity index (χ2n) is 3.46. The summed E-state index contributed by atoms with van der Waals surface area (Å²) >= 11 is 3.38. The van der Waals surface area contributed by atoms with Crippen LogP contribution in [0.4, 0.5) is 0 Å². The molecule has 2 nitrogen and oxygen atoms in total. The minimum absolute atomic E-state index is 0.203. The van der Waals surface area contributed by atoms with Gasteiger partial charge in [-0.3, -0.25) is 4.79 Å². The van der Waals surface area contributed by atoms with E-state index in [1.807, 2.05) is 24.3 Å². The molecule has 1 fully saturated rings. The Labute approximate surface area is 85.3 Å². The summed E-state index contributed by atoms with van der Waals surface area (Å²) in [4.78, 5) is 11.2. The first-order valence-corrected chi connectivity index (χ1v) is 5.00. The van der Waals surface area contributed by atoms with Gasteiger partial charge < -0.3 is 5.73 Å². The fourth-order valence-electron chi connectivity index (χ4n) is 1.59. The van der Waals surface area contributed by atoms with Crippen LogP contribution >= 0.6 is 15.9 Å². The average molecular weight is 240 g/mol. The molecule has 0 spiro atoms. The standard InChI is InChI=1S/C10H10BrNO/c11-8-3-1-2-7(6-8)10(4-5-10)9(12)13/h1-3,6H,4-5H2,(H2,12,13). The molecule has 1 aromatic carbocycles. The summed E-state index contributed by atoms with van der Waals surface area (Å²) in [5.41, 5.74) is 6.04. The van der Waals surface area contributed by atoms with Crippen LogP contribution in [0, 0.1) is 0 Å². The van der Waals surface area contributed by atoms with Crippen molar-refractivity contribution in [2.75, 3.05) is 0 Å². The van der Waals surface area contributed by atoms with Crippen LogP contribution in [0.25, 0.3) is 0 Å². The number of amides is 1. The van der Waals surface area contributed by atoms with Crippen LogP contribution in [0.15, 0.2) is 28.7 Å². The highest BCUT2D eigenvalue weighted by atomic mass is 79.9. The lowest BCUT2D eigenvalue weighted by Gasteiger charge is -2.10. The van der Waals surface area contributed by atoms with Gasteiger partial charge in [0.2, 0.25) is 5.91 Å². The normalized spacial score (nSPS) is 18.2. The number of carbonyl (C=O) groups excluding carboxylic acids is 1. The third kappa shape index (κ3) is 1.37. The number of hydrogen-bond donors (Lipinski definition) is 1. The Morgan fingerprint density at radius 1 is 1.46 bits per heavy atom. The summed E-state index contributed by atoms with van der Waals surface area (Å²) in [6, 6.07) is 7.81. The highest BCUT2D eigenvalue weighted by molar-refractivity contribution is 9.10. The van der Waals surface area contributed by atoms with Gasteiger partial charge in [0.15, 0.2) is 0 Å². The number of nitrogens with two attached hydrogens (primary N) is 1. The molecule has 0 aliphatic heterocycles. The van der Waals surface area contributed by atoms with Crippen LogP contribution in [0.3, 0.4) is 0 Å². The Hall–Kier alpha value is -0.830. The molecule has 2 N–H and O–H groups in total. The predicted octanol–water partition coefficient (Wildman–Crippen LogP) is 1.97. The lowest BCUT2D eigenvalue weighted by atomic mass is 9.96. The molecule has 13 heavy (non-hydrogen) atoms. The molecular formula is C10H10BrNO. The van der Waals surface area contributed by atoms with Crippen molar-refractivity contribution >= 4 is 21.8 Å².